The van der Waals surface area contributed by atoms with Crippen LogP contribution in [0.5, 0.6) is 5.75 Å². The summed E-state index contributed by atoms with van der Waals surface area (Å²) < 4.78 is 0. The molecule has 0 bridgehead atoms. The minimum atomic E-state index is 0.257. The number of rotatable bonds is 2. The number of aryl methyl sites for hydroxylation is 2. The third-order valence-electron chi connectivity index (χ3n) is 3.01. The molecule has 0 spiro atoms. The predicted molar refractivity (Wildman–Crippen MR) is 81.9 cm³/mol. The summed E-state index contributed by atoms with van der Waals surface area (Å²) in [5, 5.41) is 19.6. The molecule has 0 atom stereocenters. The topological polar surface area (TPSA) is 46.0 Å². The second-order valence-corrected chi connectivity index (χ2v) is 5.81. The molecule has 2 aromatic carbocycles. The van der Waals surface area contributed by atoms with Gasteiger partial charge in [-0.3, -0.25) is 0 Å². The molecule has 0 radical (unpaired) electrons. The zero-order valence-electron chi connectivity index (χ0n) is 11.3. The Morgan fingerprint density at radius 2 is 1.35 bits per heavy atom. The van der Waals surface area contributed by atoms with Gasteiger partial charge >= 0.3 is 0 Å². The van der Waals surface area contributed by atoms with Gasteiger partial charge in [-0.05, 0) is 50.2 Å². The van der Waals surface area contributed by atoms with Crippen LogP contribution < -0.4 is 0 Å². The van der Waals surface area contributed by atoms with Crippen molar-refractivity contribution < 1.29 is 5.11 Å². The normalized spacial score (nSPS) is 10.7. The maximum Gasteiger partial charge on any atom is 0.148 e. The van der Waals surface area contributed by atoms with Crippen LogP contribution in [0.15, 0.2) is 42.5 Å². The monoisotopic (exact) mass is 282 g/mol. The van der Waals surface area contributed by atoms with Crippen LogP contribution in [0.2, 0.25) is 0 Å². The maximum absolute atomic E-state index is 9.32. The van der Waals surface area contributed by atoms with Gasteiger partial charge in [0.15, 0.2) is 0 Å². The van der Waals surface area contributed by atoms with E-state index in [1.165, 1.54) is 11.1 Å². The Balaban J connectivity index is 1.99. The summed E-state index contributed by atoms with van der Waals surface area (Å²) in [6, 6.07) is 13.4. The van der Waals surface area contributed by atoms with Crippen LogP contribution in [0.1, 0.15) is 11.1 Å². The van der Waals surface area contributed by atoms with Gasteiger partial charge in [0.1, 0.15) is 15.8 Å². The third kappa shape index (κ3) is 2.56. The number of phenols is 1. The predicted octanol–water partition coefficient (Wildman–Crippen LogP) is 4.19. The Kier molecular flexibility index (Phi) is 3.24. The molecular formula is C16H14N2OS. The molecule has 3 aromatic rings. The van der Waals surface area contributed by atoms with E-state index in [4.69, 9.17) is 0 Å². The molecule has 1 N–H and O–H groups in total. The van der Waals surface area contributed by atoms with Gasteiger partial charge in [0.05, 0.1) is 0 Å². The summed E-state index contributed by atoms with van der Waals surface area (Å²) in [6.45, 7) is 4.16. The molecule has 4 heteroatoms. The Hall–Kier alpha value is -2.20. The van der Waals surface area contributed by atoms with Gasteiger partial charge in [0, 0.05) is 11.1 Å². The lowest BCUT2D eigenvalue weighted by Gasteiger charge is -2.00. The van der Waals surface area contributed by atoms with Gasteiger partial charge in [0.2, 0.25) is 0 Å². The molecule has 0 aliphatic carbocycles. The van der Waals surface area contributed by atoms with Crippen LogP contribution in [-0.4, -0.2) is 15.3 Å². The van der Waals surface area contributed by atoms with Gasteiger partial charge in [-0.25, -0.2) is 0 Å². The van der Waals surface area contributed by atoms with E-state index in [0.717, 1.165) is 21.1 Å². The smallest absolute Gasteiger partial charge is 0.148 e. The standard InChI is InChI=1S/C16H14N2OS/c1-10-7-11(2)9-13(8-10)16-18-17-15(20-16)12-3-5-14(19)6-4-12/h3-9,19H,1-2H3. The van der Waals surface area contributed by atoms with Crippen molar-refractivity contribution in [1.29, 1.82) is 0 Å². The largest absolute Gasteiger partial charge is 0.508 e. The first kappa shape index (κ1) is 12.8. The zero-order chi connectivity index (χ0) is 14.1. The van der Waals surface area contributed by atoms with Crippen molar-refractivity contribution in [2.75, 3.05) is 0 Å². The number of hydrogen-bond donors (Lipinski definition) is 1. The molecular weight excluding hydrogens is 268 g/mol. The van der Waals surface area contributed by atoms with Gasteiger partial charge < -0.3 is 5.11 Å². The molecule has 0 aliphatic heterocycles. The molecule has 0 amide bonds. The highest BCUT2D eigenvalue weighted by Crippen LogP contribution is 2.31. The van der Waals surface area contributed by atoms with E-state index in [-0.39, 0.29) is 5.75 Å². The van der Waals surface area contributed by atoms with Crippen molar-refractivity contribution in [3.63, 3.8) is 0 Å². The summed E-state index contributed by atoms with van der Waals surface area (Å²) in [4.78, 5) is 0. The first-order valence-electron chi connectivity index (χ1n) is 6.33. The van der Waals surface area contributed by atoms with Gasteiger partial charge in [-0.15, -0.1) is 10.2 Å². The lowest BCUT2D eigenvalue weighted by atomic mass is 10.1. The van der Waals surface area contributed by atoms with Crippen molar-refractivity contribution >= 4 is 11.3 Å². The number of aromatic nitrogens is 2. The number of aromatic hydroxyl groups is 1. The Morgan fingerprint density at radius 1 is 0.800 bits per heavy atom. The number of phenolic OH excluding ortho intramolecular Hbond substituents is 1. The van der Waals surface area contributed by atoms with Crippen LogP contribution in [0.4, 0.5) is 0 Å². The van der Waals surface area contributed by atoms with E-state index in [9.17, 15) is 5.11 Å². The number of hydrogen-bond acceptors (Lipinski definition) is 4. The average molecular weight is 282 g/mol. The Bertz CT molecular complexity index is 727. The van der Waals surface area contributed by atoms with Crippen LogP contribution in [0, 0.1) is 13.8 Å². The highest BCUT2D eigenvalue weighted by Gasteiger charge is 2.09. The van der Waals surface area contributed by atoms with E-state index >= 15 is 0 Å². The van der Waals surface area contributed by atoms with Crippen LogP contribution in [0.25, 0.3) is 21.1 Å². The second kappa shape index (κ2) is 5.06. The van der Waals surface area contributed by atoms with Crippen molar-refractivity contribution in [2.24, 2.45) is 0 Å². The summed E-state index contributed by atoms with van der Waals surface area (Å²) in [5.74, 6) is 0.257. The lowest BCUT2D eigenvalue weighted by Crippen LogP contribution is -1.82. The molecule has 0 saturated heterocycles. The molecule has 0 fully saturated rings. The summed E-state index contributed by atoms with van der Waals surface area (Å²) in [7, 11) is 0. The molecule has 0 saturated carbocycles. The highest BCUT2D eigenvalue weighted by atomic mass is 32.1. The Morgan fingerprint density at radius 3 is 1.95 bits per heavy atom. The average Bonchev–Trinajstić information content (AvgIpc) is 2.88. The van der Waals surface area contributed by atoms with Crippen molar-refractivity contribution in [2.45, 2.75) is 13.8 Å². The zero-order valence-corrected chi connectivity index (χ0v) is 12.1. The first-order chi connectivity index (χ1) is 9.61. The molecule has 20 heavy (non-hydrogen) atoms. The van der Waals surface area contributed by atoms with E-state index < -0.39 is 0 Å². The lowest BCUT2D eigenvalue weighted by molar-refractivity contribution is 0.475. The molecule has 3 nitrogen and oxygen atoms in total. The van der Waals surface area contributed by atoms with Crippen molar-refractivity contribution in [3.8, 4) is 26.9 Å². The molecule has 3 rings (SSSR count). The number of benzene rings is 2. The highest BCUT2D eigenvalue weighted by molar-refractivity contribution is 7.17. The third-order valence-corrected chi connectivity index (χ3v) is 4.03. The van der Waals surface area contributed by atoms with E-state index in [1.807, 2.05) is 12.1 Å². The van der Waals surface area contributed by atoms with Crippen LogP contribution in [-0.2, 0) is 0 Å². The summed E-state index contributed by atoms with van der Waals surface area (Å²) in [5.41, 5.74) is 4.52. The SMILES string of the molecule is Cc1cc(C)cc(-c2nnc(-c3ccc(O)cc3)s2)c1. The second-order valence-electron chi connectivity index (χ2n) is 4.84. The quantitative estimate of drug-likeness (QED) is 0.766. The van der Waals surface area contributed by atoms with E-state index in [0.29, 0.717) is 0 Å². The van der Waals surface area contributed by atoms with Crippen LogP contribution >= 0.6 is 11.3 Å². The minimum absolute atomic E-state index is 0.257. The fourth-order valence-electron chi connectivity index (χ4n) is 2.16. The fraction of sp³-hybridized carbons (Fsp3) is 0.125. The molecule has 1 heterocycles. The van der Waals surface area contributed by atoms with Crippen molar-refractivity contribution in [1.82, 2.24) is 10.2 Å². The number of nitrogens with zero attached hydrogens (tertiary/aromatic N) is 2. The van der Waals surface area contributed by atoms with Crippen molar-refractivity contribution in [3.05, 3.63) is 53.6 Å². The summed E-state index contributed by atoms with van der Waals surface area (Å²) >= 11 is 1.56. The molecule has 0 aliphatic rings. The van der Waals surface area contributed by atoms with E-state index in [2.05, 4.69) is 42.2 Å². The van der Waals surface area contributed by atoms with Gasteiger partial charge in [-0.1, -0.05) is 28.5 Å². The Labute approximate surface area is 121 Å². The van der Waals surface area contributed by atoms with E-state index in [1.54, 1.807) is 23.5 Å². The summed E-state index contributed by atoms with van der Waals surface area (Å²) in [6.07, 6.45) is 0. The maximum atomic E-state index is 9.32. The minimum Gasteiger partial charge on any atom is -0.508 e. The van der Waals surface area contributed by atoms with Gasteiger partial charge in [-0.2, -0.15) is 0 Å². The molecule has 100 valence electrons. The molecule has 0 unspecified atom stereocenters. The van der Waals surface area contributed by atoms with Crippen LogP contribution in [0.3, 0.4) is 0 Å². The fourth-order valence-corrected chi connectivity index (χ4v) is 2.99. The van der Waals surface area contributed by atoms with Gasteiger partial charge in [0.25, 0.3) is 0 Å². The molecule has 1 aromatic heterocycles. The first-order valence-corrected chi connectivity index (χ1v) is 7.15.